The normalized spacial score (nSPS) is 11.5. The van der Waals surface area contributed by atoms with Gasteiger partial charge in [0.15, 0.2) is 9.34 Å². The van der Waals surface area contributed by atoms with Crippen LogP contribution in [0.3, 0.4) is 0 Å². The third-order valence-electron chi connectivity index (χ3n) is 5.84. The number of aliphatic carboxylic acids is 1. The summed E-state index contributed by atoms with van der Waals surface area (Å²) in [5.41, 5.74) is 6.11. The molecule has 228 valence electrons. The largest absolute Gasteiger partial charge is 0.490 e. The monoisotopic (exact) mass is 643 g/mol. The quantitative estimate of drug-likeness (QED) is 0.201. The number of aryl methyl sites for hydroxylation is 1. The van der Waals surface area contributed by atoms with Crippen LogP contribution in [-0.2, 0) is 26.2 Å². The Labute approximate surface area is 253 Å². The summed E-state index contributed by atoms with van der Waals surface area (Å²) in [6.45, 7) is 3.05. The summed E-state index contributed by atoms with van der Waals surface area (Å²) in [5, 5.41) is 9.90. The Bertz CT molecular complexity index is 1910. The van der Waals surface area contributed by atoms with Gasteiger partial charge in [0.25, 0.3) is 10.0 Å². The number of carboxylic acid groups (broad SMARTS) is 1. The van der Waals surface area contributed by atoms with E-state index in [2.05, 4.69) is 15.0 Å². The minimum Gasteiger partial charge on any atom is -0.475 e. The number of carboxylic acids is 1. The fourth-order valence-electron chi connectivity index (χ4n) is 3.86. The fraction of sp³-hybridized carbons (Fsp3) is 0.138. The van der Waals surface area contributed by atoms with E-state index in [9.17, 15) is 26.4 Å². The number of thiazole rings is 1. The number of sulfonamides is 1. The molecular formula is C29H24F3N5O5S2. The number of para-hydroxylation sites is 2. The molecule has 3 aromatic carbocycles. The zero-order valence-corrected chi connectivity index (χ0v) is 24.7. The van der Waals surface area contributed by atoms with Crippen molar-refractivity contribution in [3.05, 3.63) is 90.1 Å². The summed E-state index contributed by atoms with van der Waals surface area (Å²) in [6.07, 6.45) is -5.08. The van der Waals surface area contributed by atoms with Crippen molar-refractivity contribution in [3.8, 4) is 22.5 Å². The first kappa shape index (κ1) is 32.2. The minimum absolute atomic E-state index is 0.0758. The summed E-state index contributed by atoms with van der Waals surface area (Å²) in [7, 11) is -3.80. The number of nitrogens with zero attached hydrogens (tertiary/aromatic N) is 3. The van der Waals surface area contributed by atoms with E-state index in [1.54, 1.807) is 6.92 Å². The summed E-state index contributed by atoms with van der Waals surface area (Å²) in [5.74, 6) is -3.07. The summed E-state index contributed by atoms with van der Waals surface area (Å²) < 4.78 is 60.2. The van der Waals surface area contributed by atoms with Gasteiger partial charge in [0.1, 0.15) is 0 Å². The molecule has 44 heavy (non-hydrogen) atoms. The molecule has 2 heterocycles. The van der Waals surface area contributed by atoms with Crippen LogP contribution in [0.1, 0.15) is 18.2 Å². The van der Waals surface area contributed by atoms with Crippen molar-refractivity contribution in [2.45, 2.75) is 30.8 Å². The molecule has 0 radical (unpaired) electrons. The molecule has 5 aromatic rings. The number of hydrogen-bond acceptors (Lipinski definition) is 8. The van der Waals surface area contributed by atoms with E-state index < -0.39 is 22.2 Å². The van der Waals surface area contributed by atoms with Gasteiger partial charge in [-0.05, 0) is 24.6 Å². The van der Waals surface area contributed by atoms with Gasteiger partial charge in [-0.15, -0.1) is 0 Å². The van der Waals surface area contributed by atoms with Crippen molar-refractivity contribution in [2.75, 3.05) is 5.32 Å². The van der Waals surface area contributed by atoms with Gasteiger partial charge in [-0.1, -0.05) is 78.1 Å². The first-order valence-electron chi connectivity index (χ1n) is 12.7. The van der Waals surface area contributed by atoms with Crippen molar-refractivity contribution in [1.29, 1.82) is 0 Å². The summed E-state index contributed by atoms with van der Waals surface area (Å²) in [4.78, 5) is 34.1. The molecule has 0 aliphatic heterocycles. The van der Waals surface area contributed by atoms with Crippen LogP contribution in [-0.4, -0.2) is 46.5 Å². The van der Waals surface area contributed by atoms with Gasteiger partial charge in [-0.2, -0.15) is 13.2 Å². The molecule has 5 rings (SSSR count). The summed E-state index contributed by atoms with van der Waals surface area (Å²) in [6, 6.07) is 25.2. The van der Waals surface area contributed by atoms with Gasteiger partial charge in [0.05, 0.1) is 28.1 Å². The van der Waals surface area contributed by atoms with Crippen LogP contribution in [0.25, 0.3) is 33.5 Å². The topological polar surface area (TPSA) is 151 Å². The number of rotatable bonds is 7. The van der Waals surface area contributed by atoms with E-state index in [0.29, 0.717) is 5.69 Å². The van der Waals surface area contributed by atoms with E-state index in [1.165, 1.54) is 6.92 Å². The molecule has 0 aliphatic carbocycles. The molecule has 0 spiro atoms. The van der Waals surface area contributed by atoms with Crippen molar-refractivity contribution in [2.24, 2.45) is 0 Å². The van der Waals surface area contributed by atoms with E-state index >= 15 is 0 Å². The smallest absolute Gasteiger partial charge is 0.475 e. The molecule has 1 amide bonds. The lowest BCUT2D eigenvalue weighted by molar-refractivity contribution is -0.192. The Morgan fingerprint density at radius 2 is 1.34 bits per heavy atom. The number of nitrogens with one attached hydrogen (secondary N) is 2. The minimum atomic E-state index is -5.08. The average Bonchev–Trinajstić information content (AvgIpc) is 3.36. The number of alkyl halides is 3. The van der Waals surface area contributed by atoms with Gasteiger partial charge >= 0.3 is 12.1 Å². The molecule has 0 fully saturated rings. The number of aromatic nitrogens is 3. The van der Waals surface area contributed by atoms with Gasteiger partial charge in [0.2, 0.25) is 5.91 Å². The number of benzene rings is 3. The highest BCUT2D eigenvalue weighted by atomic mass is 32.2. The average molecular weight is 644 g/mol. The Morgan fingerprint density at radius 3 is 1.84 bits per heavy atom. The highest BCUT2D eigenvalue weighted by Crippen LogP contribution is 2.31. The van der Waals surface area contributed by atoms with Crippen molar-refractivity contribution in [1.82, 2.24) is 19.7 Å². The number of halogens is 3. The zero-order chi connectivity index (χ0) is 32.1. The third kappa shape index (κ3) is 8.00. The molecule has 0 saturated heterocycles. The predicted molar refractivity (Wildman–Crippen MR) is 159 cm³/mol. The highest BCUT2D eigenvalue weighted by molar-refractivity contribution is 7.91. The van der Waals surface area contributed by atoms with E-state index in [1.807, 2.05) is 78.9 Å². The van der Waals surface area contributed by atoms with Crippen molar-refractivity contribution < 1.29 is 36.3 Å². The second-order valence-electron chi connectivity index (χ2n) is 9.17. The highest BCUT2D eigenvalue weighted by Gasteiger charge is 2.38. The SMILES string of the molecule is CC(=O)Nc1nc(C)c(S(=O)(=O)NCc2ccc(-c3nc4ccccc4nc3-c3ccccc3)cc2)s1.O=C(O)C(F)(F)F. The molecule has 3 N–H and O–H groups in total. The fourth-order valence-corrected chi connectivity index (χ4v) is 6.38. The molecule has 0 aliphatic rings. The summed E-state index contributed by atoms with van der Waals surface area (Å²) >= 11 is 0.921. The maximum atomic E-state index is 12.9. The number of carbonyl (C=O) groups excluding carboxylic acids is 1. The van der Waals surface area contributed by atoms with Crippen LogP contribution in [0.15, 0.2) is 83.1 Å². The zero-order valence-electron chi connectivity index (χ0n) is 23.1. The van der Waals surface area contributed by atoms with Crippen LogP contribution < -0.4 is 10.0 Å². The van der Waals surface area contributed by atoms with Crippen LogP contribution in [0.2, 0.25) is 0 Å². The van der Waals surface area contributed by atoms with E-state index in [-0.39, 0.29) is 21.8 Å². The molecule has 2 aromatic heterocycles. The van der Waals surface area contributed by atoms with Gasteiger partial charge in [0, 0.05) is 24.6 Å². The molecule has 0 atom stereocenters. The molecule has 0 saturated carbocycles. The van der Waals surface area contributed by atoms with E-state index in [0.717, 1.165) is 50.4 Å². The lowest BCUT2D eigenvalue weighted by Gasteiger charge is -2.11. The number of anilines is 1. The van der Waals surface area contributed by atoms with Gasteiger partial charge in [-0.3, -0.25) is 4.79 Å². The lowest BCUT2D eigenvalue weighted by atomic mass is 10.0. The third-order valence-corrected chi connectivity index (χ3v) is 8.92. The Hall–Kier alpha value is -4.73. The Morgan fingerprint density at radius 1 is 0.841 bits per heavy atom. The molecule has 10 nitrogen and oxygen atoms in total. The molecule has 15 heteroatoms. The van der Waals surface area contributed by atoms with Crippen LogP contribution in [0.5, 0.6) is 0 Å². The molecule has 0 unspecified atom stereocenters. The Balaban J connectivity index is 0.000000566. The predicted octanol–water partition coefficient (Wildman–Crippen LogP) is 5.80. The van der Waals surface area contributed by atoms with Crippen molar-refractivity contribution >= 4 is 49.4 Å². The first-order valence-corrected chi connectivity index (χ1v) is 15.0. The maximum absolute atomic E-state index is 12.9. The number of amides is 1. The van der Waals surface area contributed by atoms with Crippen LogP contribution in [0, 0.1) is 6.92 Å². The standard InChI is InChI=1S/C27H23N5O3S2.C2HF3O2/c1-17-26(36-27(29-17)30-18(2)33)37(34,35)28-16-19-12-14-21(15-13-19)25-24(20-8-4-3-5-9-20)31-22-10-6-7-11-23(22)32-25;3-2(4,5)1(6)7/h3-15,28H,16H2,1-2H3,(H,29,30,33);(H,6,7). The number of carbonyl (C=O) groups is 2. The lowest BCUT2D eigenvalue weighted by Crippen LogP contribution is -2.23. The molecular weight excluding hydrogens is 619 g/mol. The second kappa shape index (κ2) is 13.3. The van der Waals surface area contributed by atoms with Crippen molar-refractivity contribution in [3.63, 3.8) is 0 Å². The maximum Gasteiger partial charge on any atom is 0.490 e. The van der Waals surface area contributed by atoms with Crippen LogP contribution in [0.4, 0.5) is 18.3 Å². The molecule has 0 bridgehead atoms. The number of hydrogen-bond donors (Lipinski definition) is 3. The first-order chi connectivity index (χ1) is 20.7. The second-order valence-corrected chi connectivity index (χ2v) is 12.1. The van der Waals surface area contributed by atoms with Gasteiger partial charge < -0.3 is 10.4 Å². The van der Waals surface area contributed by atoms with E-state index in [4.69, 9.17) is 19.9 Å². The Kier molecular flexibility index (Phi) is 9.71. The number of fused-ring (bicyclic) bond motifs is 1. The van der Waals surface area contributed by atoms with Crippen LogP contribution >= 0.6 is 11.3 Å². The van der Waals surface area contributed by atoms with Gasteiger partial charge in [-0.25, -0.2) is 32.9 Å².